The number of aliphatic hydroxyl groups excluding tert-OH is 1. The van der Waals surface area contributed by atoms with Crippen LogP contribution in [0.25, 0.3) is 0 Å². The Morgan fingerprint density at radius 3 is 3.00 bits per heavy atom. The fourth-order valence-electron chi connectivity index (χ4n) is 2.84. The first kappa shape index (κ1) is 15.2. The number of nitrogens with zero attached hydrogens (tertiary/aromatic N) is 3. The number of urea groups is 1. The van der Waals surface area contributed by atoms with Crippen LogP contribution in [0.5, 0.6) is 0 Å². The molecule has 112 valence electrons. The molecule has 20 heavy (non-hydrogen) atoms. The predicted octanol–water partition coefficient (Wildman–Crippen LogP) is 2.25. The first-order chi connectivity index (χ1) is 9.58. The van der Waals surface area contributed by atoms with Gasteiger partial charge in [0, 0.05) is 30.0 Å². The molecule has 2 amide bonds. The van der Waals surface area contributed by atoms with Crippen LogP contribution in [0.2, 0.25) is 0 Å². The summed E-state index contributed by atoms with van der Waals surface area (Å²) in [5.41, 5.74) is -0.138. The summed E-state index contributed by atoms with van der Waals surface area (Å²) >= 11 is 1.19. The Kier molecular flexibility index (Phi) is 4.93. The summed E-state index contributed by atoms with van der Waals surface area (Å²) in [6, 6.07) is -0.144. The fraction of sp³-hybridized carbons (Fsp3) is 0.769. The monoisotopic (exact) mass is 298 g/mol. The van der Waals surface area contributed by atoms with Crippen LogP contribution in [0.4, 0.5) is 9.93 Å². The minimum absolute atomic E-state index is 0.138. The average Bonchev–Trinajstić information content (AvgIpc) is 2.84. The standard InChI is InChI=1S/C13H22N4O2S/c1-3-5-13(9-18)6-4-7-17(8-13)12(19)15-11-14-10(2)16-20-11/h18H,3-9H2,1-2H3,(H,14,15,16,19)/t13-/m1/s1. The summed E-state index contributed by atoms with van der Waals surface area (Å²) in [4.78, 5) is 18.2. The van der Waals surface area contributed by atoms with Gasteiger partial charge in [0.1, 0.15) is 5.82 Å². The molecule has 1 fully saturated rings. The molecule has 2 rings (SSSR count). The number of aliphatic hydroxyl groups is 1. The minimum Gasteiger partial charge on any atom is -0.396 e. The third-order valence-corrected chi connectivity index (χ3v) is 4.53. The van der Waals surface area contributed by atoms with E-state index in [0.29, 0.717) is 17.5 Å². The molecule has 2 heterocycles. The van der Waals surface area contributed by atoms with E-state index in [1.807, 2.05) is 0 Å². The van der Waals surface area contributed by atoms with Crippen molar-refractivity contribution >= 4 is 22.7 Å². The maximum absolute atomic E-state index is 12.3. The number of amides is 2. The van der Waals surface area contributed by atoms with Crippen LogP contribution >= 0.6 is 11.5 Å². The first-order valence-corrected chi connectivity index (χ1v) is 7.83. The van der Waals surface area contributed by atoms with Gasteiger partial charge in [-0.2, -0.15) is 4.37 Å². The molecule has 1 aliphatic rings. The molecule has 0 aromatic carbocycles. The average molecular weight is 298 g/mol. The van der Waals surface area contributed by atoms with Crippen molar-refractivity contribution in [3.05, 3.63) is 5.82 Å². The van der Waals surface area contributed by atoms with E-state index < -0.39 is 0 Å². The summed E-state index contributed by atoms with van der Waals surface area (Å²) < 4.78 is 4.05. The number of carbonyl (C=O) groups is 1. The second-order valence-corrected chi connectivity index (χ2v) is 6.26. The summed E-state index contributed by atoms with van der Waals surface area (Å²) in [6.45, 7) is 5.39. The maximum Gasteiger partial charge on any atom is 0.323 e. The Bertz CT molecular complexity index is 461. The van der Waals surface area contributed by atoms with E-state index in [4.69, 9.17) is 0 Å². The van der Waals surface area contributed by atoms with Gasteiger partial charge in [-0.25, -0.2) is 9.78 Å². The predicted molar refractivity (Wildman–Crippen MR) is 78.9 cm³/mol. The van der Waals surface area contributed by atoms with Crippen molar-refractivity contribution in [2.45, 2.75) is 39.5 Å². The van der Waals surface area contributed by atoms with Crippen molar-refractivity contribution < 1.29 is 9.90 Å². The number of hydrogen-bond acceptors (Lipinski definition) is 5. The molecule has 0 aliphatic carbocycles. The van der Waals surface area contributed by atoms with Crippen molar-refractivity contribution in [1.29, 1.82) is 0 Å². The summed E-state index contributed by atoms with van der Waals surface area (Å²) in [5.74, 6) is 0.666. The van der Waals surface area contributed by atoms with Crippen molar-refractivity contribution in [2.24, 2.45) is 5.41 Å². The van der Waals surface area contributed by atoms with E-state index >= 15 is 0 Å². The molecular formula is C13H22N4O2S. The van der Waals surface area contributed by atoms with Crippen molar-refractivity contribution in [3.63, 3.8) is 0 Å². The van der Waals surface area contributed by atoms with E-state index in [2.05, 4.69) is 21.6 Å². The Balaban J connectivity index is 1.99. The number of rotatable bonds is 4. The van der Waals surface area contributed by atoms with Gasteiger partial charge in [0.05, 0.1) is 6.61 Å². The van der Waals surface area contributed by atoms with Gasteiger partial charge in [-0.1, -0.05) is 13.3 Å². The number of hydrogen-bond donors (Lipinski definition) is 2. The number of piperidine rings is 1. The second kappa shape index (κ2) is 6.49. The number of anilines is 1. The van der Waals surface area contributed by atoms with Gasteiger partial charge >= 0.3 is 6.03 Å². The molecule has 6 nitrogen and oxygen atoms in total. The highest BCUT2D eigenvalue weighted by molar-refractivity contribution is 7.09. The molecule has 1 atom stereocenters. The zero-order valence-corrected chi connectivity index (χ0v) is 12.9. The number of nitrogens with one attached hydrogen (secondary N) is 1. The third-order valence-electron chi connectivity index (χ3n) is 3.81. The van der Waals surface area contributed by atoms with Gasteiger partial charge in [-0.05, 0) is 26.2 Å². The number of likely N-dealkylation sites (tertiary alicyclic amines) is 1. The summed E-state index contributed by atoms with van der Waals surface area (Å²) in [7, 11) is 0. The van der Waals surface area contributed by atoms with Crippen molar-refractivity contribution in [2.75, 3.05) is 25.0 Å². The fourth-order valence-corrected chi connectivity index (χ4v) is 3.41. The summed E-state index contributed by atoms with van der Waals surface area (Å²) in [6.07, 6.45) is 3.89. The van der Waals surface area contributed by atoms with Gasteiger partial charge in [-0.15, -0.1) is 0 Å². The lowest BCUT2D eigenvalue weighted by atomic mass is 9.77. The van der Waals surface area contributed by atoms with Crippen LogP contribution in [0.15, 0.2) is 0 Å². The molecule has 2 N–H and O–H groups in total. The van der Waals surface area contributed by atoms with Crippen LogP contribution < -0.4 is 5.32 Å². The third kappa shape index (κ3) is 3.46. The number of aromatic nitrogens is 2. The molecule has 7 heteroatoms. The highest BCUT2D eigenvalue weighted by Crippen LogP contribution is 2.34. The Hall–Kier alpha value is -1.21. The summed E-state index contributed by atoms with van der Waals surface area (Å²) in [5, 5.41) is 13.0. The molecule has 1 aromatic rings. The maximum atomic E-state index is 12.3. The topological polar surface area (TPSA) is 78.4 Å². The van der Waals surface area contributed by atoms with Crippen LogP contribution in [0, 0.1) is 12.3 Å². The Morgan fingerprint density at radius 1 is 1.60 bits per heavy atom. The smallest absolute Gasteiger partial charge is 0.323 e. The van der Waals surface area contributed by atoms with Crippen molar-refractivity contribution in [3.8, 4) is 0 Å². The van der Waals surface area contributed by atoms with Gasteiger partial charge in [0.2, 0.25) is 5.13 Å². The van der Waals surface area contributed by atoms with E-state index in [0.717, 1.165) is 32.2 Å². The van der Waals surface area contributed by atoms with Crippen LogP contribution in [0.1, 0.15) is 38.4 Å². The normalized spacial score (nSPS) is 22.9. The number of aryl methyl sites for hydroxylation is 1. The van der Waals surface area contributed by atoms with Crippen LogP contribution in [0.3, 0.4) is 0 Å². The second-order valence-electron chi connectivity index (χ2n) is 5.51. The molecule has 0 radical (unpaired) electrons. The SMILES string of the molecule is CCC[C@@]1(CO)CCCN(C(=O)Nc2nc(C)ns2)C1. The first-order valence-electron chi connectivity index (χ1n) is 7.06. The largest absolute Gasteiger partial charge is 0.396 e. The van der Waals surface area contributed by atoms with E-state index in [1.165, 1.54) is 11.5 Å². The van der Waals surface area contributed by atoms with Crippen LogP contribution in [-0.4, -0.2) is 45.1 Å². The van der Waals surface area contributed by atoms with Gasteiger partial charge in [-0.3, -0.25) is 5.32 Å². The van der Waals surface area contributed by atoms with Crippen molar-refractivity contribution in [1.82, 2.24) is 14.3 Å². The lowest BCUT2D eigenvalue weighted by molar-refractivity contribution is 0.0422. The molecule has 0 bridgehead atoms. The minimum atomic E-state index is -0.144. The van der Waals surface area contributed by atoms with E-state index in [9.17, 15) is 9.90 Å². The van der Waals surface area contributed by atoms with E-state index in [1.54, 1.807) is 11.8 Å². The molecular weight excluding hydrogens is 276 g/mol. The highest BCUT2D eigenvalue weighted by Gasteiger charge is 2.36. The molecule has 0 unspecified atom stereocenters. The lowest BCUT2D eigenvalue weighted by Gasteiger charge is -2.41. The van der Waals surface area contributed by atoms with Gasteiger partial charge in [0.15, 0.2) is 0 Å². The molecule has 1 saturated heterocycles. The molecule has 1 aromatic heterocycles. The van der Waals surface area contributed by atoms with Gasteiger partial charge < -0.3 is 10.0 Å². The van der Waals surface area contributed by atoms with E-state index in [-0.39, 0.29) is 18.1 Å². The Morgan fingerprint density at radius 2 is 2.40 bits per heavy atom. The van der Waals surface area contributed by atoms with Gasteiger partial charge in [0.25, 0.3) is 0 Å². The zero-order valence-electron chi connectivity index (χ0n) is 12.1. The molecule has 0 saturated carbocycles. The lowest BCUT2D eigenvalue weighted by Crippen LogP contribution is -2.49. The molecule has 1 aliphatic heterocycles. The quantitative estimate of drug-likeness (QED) is 0.893. The number of carbonyl (C=O) groups excluding carboxylic acids is 1. The molecule has 0 spiro atoms. The van der Waals surface area contributed by atoms with Crippen LogP contribution in [-0.2, 0) is 0 Å². The Labute approximate surface area is 123 Å². The zero-order chi connectivity index (χ0) is 14.6. The highest BCUT2D eigenvalue weighted by atomic mass is 32.1.